The highest BCUT2D eigenvalue weighted by molar-refractivity contribution is 9.10. The van der Waals surface area contributed by atoms with Crippen LogP contribution in [-0.4, -0.2) is 8.96 Å². The summed E-state index contributed by atoms with van der Waals surface area (Å²) < 4.78 is 16.2. The molecule has 1 aromatic carbocycles. The van der Waals surface area contributed by atoms with Crippen LogP contribution in [-0.2, 0) is 17.4 Å². The van der Waals surface area contributed by atoms with Crippen LogP contribution in [0.25, 0.3) is 0 Å². The first-order chi connectivity index (χ1) is 7.88. The van der Waals surface area contributed by atoms with Gasteiger partial charge in [0.25, 0.3) is 0 Å². The van der Waals surface area contributed by atoms with Gasteiger partial charge in [-0.1, -0.05) is 22.0 Å². The van der Waals surface area contributed by atoms with Crippen molar-refractivity contribution in [2.75, 3.05) is 0 Å². The maximum absolute atomic E-state index is 12.1. The van der Waals surface area contributed by atoms with Gasteiger partial charge in [0.05, 0.1) is 15.7 Å². The van der Waals surface area contributed by atoms with Crippen LogP contribution in [0.15, 0.2) is 22.7 Å². The molecule has 2 rings (SSSR count). The molecule has 0 spiro atoms. The summed E-state index contributed by atoms with van der Waals surface area (Å²) in [4.78, 5) is 0. The Hall–Kier alpha value is -0.190. The lowest BCUT2D eigenvalue weighted by molar-refractivity contribution is 0.596. The van der Waals surface area contributed by atoms with Crippen molar-refractivity contribution in [1.29, 1.82) is 0 Å². The summed E-state index contributed by atoms with van der Waals surface area (Å²) in [5.41, 5.74) is 2.66. The number of nitrogens with one attached hydrogen (secondary N) is 1. The molecule has 1 aliphatic rings. The van der Waals surface area contributed by atoms with E-state index in [1.54, 1.807) is 0 Å². The lowest BCUT2D eigenvalue weighted by Gasteiger charge is -2.22. The molecular formula is C13H18BrNOS. The largest absolute Gasteiger partial charge is 0.242 e. The number of rotatable bonds is 2. The molecule has 0 saturated heterocycles. The van der Waals surface area contributed by atoms with Gasteiger partial charge in [-0.25, -0.2) is 8.93 Å². The van der Waals surface area contributed by atoms with Crippen LogP contribution in [0, 0.1) is 0 Å². The van der Waals surface area contributed by atoms with Gasteiger partial charge < -0.3 is 0 Å². The molecule has 0 amide bonds. The number of hydrogen-bond donors (Lipinski definition) is 1. The summed E-state index contributed by atoms with van der Waals surface area (Å²) in [6.45, 7) is 5.98. The standard InChI is InChI=1S/C13H18BrNOS/c1-13(2,3)17(16)15-12-7-4-9-8-10(14)5-6-11(9)12/h5-6,8,12,15H,4,7H2,1-3H3/t12-,17?/m1/s1. The molecule has 4 heteroatoms. The average Bonchev–Trinajstić information content (AvgIpc) is 2.59. The molecule has 0 saturated carbocycles. The predicted molar refractivity (Wildman–Crippen MR) is 76.2 cm³/mol. The van der Waals surface area contributed by atoms with Gasteiger partial charge in [0.2, 0.25) is 0 Å². The maximum Gasteiger partial charge on any atom is 0.0975 e. The van der Waals surface area contributed by atoms with Crippen LogP contribution in [0.4, 0.5) is 0 Å². The quantitative estimate of drug-likeness (QED) is 0.889. The van der Waals surface area contributed by atoms with Gasteiger partial charge in [0.15, 0.2) is 0 Å². The Labute approximate surface area is 114 Å². The third-order valence-electron chi connectivity index (χ3n) is 2.99. The molecule has 1 unspecified atom stereocenters. The third-order valence-corrected chi connectivity index (χ3v) is 5.09. The highest BCUT2D eigenvalue weighted by atomic mass is 79.9. The molecule has 0 radical (unpaired) electrons. The summed E-state index contributed by atoms with van der Waals surface area (Å²) in [6.07, 6.45) is 2.10. The summed E-state index contributed by atoms with van der Waals surface area (Å²) >= 11 is 3.49. The van der Waals surface area contributed by atoms with Crippen molar-refractivity contribution in [3.05, 3.63) is 33.8 Å². The first kappa shape index (κ1) is 13.2. The fourth-order valence-electron chi connectivity index (χ4n) is 2.01. The molecule has 94 valence electrons. The maximum atomic E-state index is 12.1. The minimum atomic E-state index is -1.00. The minimum Gasteiger partial charge on any atom is -0.242 e. The smallest absolute Gasteiger partial charge is 0.0975 e. The van der Waals surface area contributed by atoms with Crippen LogP contribution in [0.3, 0.4) is 0 Å². The average molecular weight is 316 g/mol. The number of aryl methyl sites for hydroxylation is 1. The zero-order chi connectivity index (χ0) is 12.6. The van der Waals surface area contributed by atoms with Crippen molar-refractivity contribution < 1.29 is 4.21 Å². The highest BCUT2D eigenvalue weighted by Crippen LogP contribution is 2.33. The second-order valence-electron chi connectivity index (χ2n) is 5.43. The molecule has 1 N–H and O–H groups in total. The van der Waals surface area contributed by atoms with E-state index in [0.29, 0.717) is 0 Å². The van der Waals surface area contributed by atoms with Gasteiger partial charge in [0, 0.05) is 10.5 Å². The second kappa shape index (κ2) is 4.82. The molecule has 0 bridgehead atoms. The van der Waals surface area contributed by atoms with E-state index in [2.05, 4.69) is 38.9 Å². The third kappa shape index (κ3) is 2.98. The SMILES string of the molecule is CC(C)(C)S(=O)N[C@@H]1CCc2cc(Br)ccc21. The van der Waals surface area contributed by atoms with E-state index >= 15 is 0 Å². The van der Waals surface area contributed by atoms with Gasteiger partial charge in [-0.15, -0.1) is 0 Å². The van der Waals surface area contributed by atoms with Crippen molar-refractivity contribution in [1.82, 2.24) is 4.72 Å². The fraction of sp³-hybridized carbons (Fsp3) is 0.538. The lowest BCUT2D eigenvalue weighted by Crippen LogP contribution is -2.35. The number of fused-ring (bicyclic) bond motifs is 1. The highest BCUT2D eigenvalue weighted by Gasteiger charge is 2.27. The Morgan fingerprint density at radius 2 is 2.12 bits per heavy atom. The van der Waals surface area contributed by atoms with Gasteiger partial charge in [-0.2, -0.15) is 0 Å². The molecule has 2 atom stereocenters. The Bertz CT molecular complexity index is 453. The van der Waals surface area contributed by atoms with Crippen molar-refractivity contribution in [3.63, 3.8) is 0 Å². The van der Waals surface area contributed by atoms with Crippen LogP contribution >= 0.6 is 15.9 Å². The molecule has 0 fully saturated rings. The Morgan fingerprint density at radius 1 is 1.41 bits per heavy atom. The zero-order valence-electron chi connectivity index (χ0n) is 10.4. The monoisotopic (exact) mass is 315 g/mol. The molecule has 0 heterocycles. The number of hydrogen-bond acceptors (Lipinski definition) is 1. The van der Waals surface area contributed by atoms with Crippen molar-refractivity contribution in [3.8, 4) is 0 Å². The molecule has 0 aliphatic heterocycles. The first-order valence-corrected chi connectivity index (χ1v) is 7.78. The molecule has 1 aliphatic carbocycles. The summed E-state index contributed by atoms with van der Waals surface area (Å²) in [5, 5.41) is 0. The van der Waals surface area contributed by atoms with Gasteiger partial charge in [0.1, 0.15) is 0 Å². The normalized spacial score (nSPS) is 21.3. The Morgan fingerprint density at radius 3 is 2.76 bits per heavy atom. The van der Waals surface area contributed by atoms with Gasteiger partial charge in [-0.05, 0) is 56.9 Å². The lowest BCUT2D eigenvalue weighted by atomic mass is 10.1. The Balaban J connectivity index is 2.15. The van der Waals surface area contributed by atoms with Gasteiger partial charge in [-0.3, -0.25) is 0 Å². The topological polar surface area (TPSA) is 29.1 Å². The predicted octanol–water partition coefficient (Wildman–Crippen LogP) is 3.49. The van der Waals surface area contributed by atoms with Crippen LogP contribution < -0.4 is 4.72 Å². The first-order valence-electron chi connectivity index (χ1n) is 5.84. The van der Waals surface area contributed by atoms with Crippen LogP contribution in [0.2, 0.25) is 0 Å². The molecule has 17 heavy (non-hydrogen) atoms. The zero-order valence-corrected chi connectivity index (χ0v) is 12.8. The van der Waals surface area contributed by atoms with E-state index in [0.717, 1.165) is 17.3 Å². The van der Waals surface area contributed by atoms with E-state index in [1.165, 1.54) is 11.1 Å². The van der Waals surface area contributed by atoms with Gasteiger partial charge >= 0.3 is 0 Å². The fourth-order valence-corrected chi connectivity index (χ4v) is 3.28. The van der Waals surface area contributed by atoms with E-state index in [9.17, 15) is 4.21 Å². The summed E-state index contributed by atoms with van der Waals surface area (Å²) in [5.74, 6) is 0. The Kier molecular flexibility index (Phi) is 3.76. The molecule has 2 nitrogen and oxygen atoms in total. The van der Waals surface area contributed by atoms with Crippen molar-refractivity contribution in [2.45, 2.75) is 44.4 Å². The molecule has 1 aromatic rings. The number of halogens is 1. The summed E-state index contributed by atoms with van der Waals surface area (Å²) in [7, 11) is -1.00. The number of benzene rings is 1. The van der Waals surface area contributed by atoms with E-state index < -0.39 is 11.0 Å². The van der Waals surface area contributed by atoms with Crippen LogP contribution in [0.1, 0.15) is 44.4 Å². The van der Waals surface area contributed by atoms with E-state index in [1.807, 2.05) is 20.8 Å². The van der Waals surface area contributed by atoms with Crippen LogP contribution in [0.5, 0.6) is 0 Å². The second-order valence-corrected chi connectivity index (χ2v) is 8.35. The van der Waals surface area contributed by atoms with Crippen molar-refractivity contribution >= 4 is 26.9 Å². The summed E-state index contributed by atoms with van der Waals surface area (Å²) in [6, 6.07) is 6.58. The van der Waals surface area contributed by atoms with E-state index in [-0.39, 0.29) is 10.8 Å². The van der Waals surface area contributed by atoms with Crippen molar-refractivity contribution in [2.24, 2.45) is 0 Å². The molecular weight excluding hydrogens is 298 g/mol. The molecule has 0 aromatic heterocycles. The van der Waals surface area contributed by atoms with E-state index in [4.69, 9.17) is 0 Å². The minimum absolute atomic E-state index is 0.210.